The Kier molecular flexibility index (Phi) is 4.35. The summed E-state index contributed by atoms with van der Waals surface area (Å²) in [5, 5.41) is 6.80. The Labute approximate surface area is 136 Å². The van der Waals surface area contributed by atoms with Gasteiger partial charge in [0.25, 0.3) is 0 Å². The molecule has 0 aliphatic carbocycles. The normalized spacial score (nSPS) is 13.0. The summed E-state index contributed by atoms with van der Waals surface area (Å²) in [4.78, 5) is 4.30. The van der Waals surface area contributed by atoms with Crippen LogP contribution in [0.4, 0.5) is 13.2 Å². The number of alkyl halides is 3. The van der Waals surface area contributed by atoms with Crippen molar-refractivity contribution < 1.29 is 13.2 Å². The lowest BCUT2D eigenvalue weighted by Gasteiger charge is -2.08. The van der Waals surface area contributed by atoms with E-state index in [-0.39, 0.29) is 6.04 Å². The van der Waals surface area contributed by atoms with Crippen LogP contribution in [0.25, 0.3) is 11.4 Å². The molecule has 0 amide bonds. The molecule has 1 atom stereocenters. The number of H-pyrrole nitrogens is 1. The van der Waals surface area contributed by atoms with Gasteiger partial charge in [-0.3, -0.25) is 5.10 Å². The van der Waals surface area contributed by atoms with Crippen molar-refractivity contribution in [1.82, 2.24) is 15.2 Å². The van der Waals surface area contributed by atoms with Crippen molar-refractivity contribution in [2.75, 3.05) is 0 Å². The first kappa shape index (κ1) is 16.2. The number of nitrogens with two attached hydrogens (primary N) is 1. The van der Waals surface area contributed by atoms with Crippen molar-refractivity contribution in [3.63, 3.8) is 0 Å². The second kappa shape index (κ2) is 6.45. The quantitative estimate of drug-likeness (QED) is 0.765. The number of nitrogens with zero attached hydrogens (tertiary/aromatic N) is 2. The number of hydrogen-bond donors (Lipinski definition) is 2. The van der Waals surface area contributed by atoms with Crippen LogP contribution in [-0.2, 0) is 12.6 Å². The van der Waals surface area contributed by atoms with Crippen LogP contribution in [0.15, 0.2) is 54.6 Å². The third-order valence-corrected chi connectivity index (χ3v) is 3.62. The summed E-state index contributed by atoms with van der Waals surface area (Å²) in [6.07, 6.45) is -3.77. The highest BCUT2D eigenvalue weighted by atomic mass is 19.4. The molecule has 3 aromatic rings. The highest BCUT2D eigenvalue weighted by Gasteiger charge is 2.30. The predicted molar refractivity (Wildman–Crippen MR) is 83.9 cm³/mol. The zero-order valence-corrected chi connectivity index (χ0v) is 12.6. The Morgan fingerprint density at radius 2 is 1.67 bits per heavy atom. The number of nitrogens with one attached hydrogen (secondary N) is 1. The molecule has 0 radical (unpaired) electrons. The Morgan fingerprint density at radius 1 is 1.00 bits per heavy atom. The molecule has 2 aromatic carbocycles. The van der Waals surface area contributed by atoms with Gasteiger partial charge in [0.1, 0.15) is 5.82 Å². The molecule has 1 aromatic heterocycles. The van der Waals surface area contributed by atoms with E-state index >= 15 is 0 Å². The van der Waals surface area contributed by atoms with E-state index < -0.39 is 11.7 Å². The zero-order valence-electron chi connectivity index (χ0n) is 12.6. The third-order valence-electron chi connectivity index (χ3n) is 3.62. The molecule has 0 saturated carbocycles. The van der Waals surface area contributed by atoms with E-state index in [4.69, 9.17) is 5.73 Å². The maximum atomic E-state index is 12.6. The van der Waals surface area contributed by atoms with Crippen molar-refractivity contribution in [3.05, 3.63) is 71.5 Å². The van der Waals surface area contributed by atoms with Gasteiger partial charge in [0.2, 0.25) is 0 Å². The van der Waals surface area contributed by atoms with Crippen LogP contribution in [0.3, 0.4) is 0 Å². The summed E-state index contributed by atoms with van der Waals surface area (Å²) in [6.45, 7) is 0. The molecule has 0 fully saturated rings. The molecule has 24 heavy (non-hydrogen) atoms. The molecule has 0 unspecified atom stereocenters. The number of benzene rings is 2. The molecule has 124 valence electrons. The molecule has 0 aliphatic rings. The summed E-state index contributed by atoms with van der Waals surface area (Å²) in [5.74, 6) is 0.816. The van der Waals surface area contributed by atoms with Gasteiger partial charge in [0.15, 0.2) is 5.82 Å². The van der Waals surface area contributed by atoms with Crippen molar-refractivity contribution in [3.8, 4) is 11.4 Å². The van der Waals surface area contributed by atoms with Crippen LogP contribution in [0, 0.1) is 0 Å². The first-order valence-electron chi connectivity index (χ1n) is 7.33. The highest BCUT2D eigenvalue weighted by Crippen LogP contribution is 2.30. The zero-order chi connectivity index (χ0) is 17.2. The van der Waals surface area contributed by atoms with Crippen molar-refractivity contribution in [1.29, 1.82) is 0 Å². The van der Waals surface area contributed by atoms with E-state index in [0.29, 0.717) is 23.6 Å². The summed E-state index contributed by atoms with van der Waals surface area (Å²) < 4.78 is 37.8. The number of aromatic amines is 1. The summed E-state index contributed by atoms with van der Waals surface area (Å²) in [5.41, 5.74) is 6.98. The molecule has 7 heteroatoms. The summed E-state index contributed by atoms with van der Waals surface area (Å²) in [6, 6.07) is 14.0. The lowest BCUT2D eigenvalue weighted by molar-refractivity contribution is -0.137. The molecular formula is C17H15F3N4. The van der Waals surface area contributed by atoms with E-state index in [0.717, 1.165) is 17.7 Å². The van der Waals surface area contributed by atoms with Crippen molar-refractivity contribution >= 4 is 0 Å². The number of hydrogen-bond acceptors (Lipinski definition) is 3. The van der Waals surface area contributed by atoms with Crippen LogP contribution >= 0.6 is 0 Å². The van der Waals surface area contributed by atoms with Gasteiger partial charge in [0, 0.05) is 5.56 Å². The molecule has 3 N–H and O–H groups in total. The van der Waals surface area contributed by atoms with E-state index in [1.54, 1.807) is 0 Å². The Bertz CT molecular complexity index is 795. The predicted octanol–water partition coefficient (Wildman–Crippen LogP) is 3.73. The fourth-order valence-electron chi connectivity index (χ4n) is 2.34. The molecule has 0 bridgehead atoms. The van der Waals surface area contributed by atoms with Crippen LogP contribution in [0.5, 0.6) is 0 Å². The number of halogens is 3. The smallest absolute Gasteiger partial charge is 0.321 e. The molecule has 3 rings (SSSR count). The van der Waals surface area contributed by atoms with Crippen molar-refractivity contribution in [2.24, 2.45) is 5.73 Å². The van der Waals surface area contributed by atoms with Gasteiger partial charge in [-0.25, -0.2) is 4.98 Å². The minimum atomic E-state index is -4.36. The third kappa shape index (κ3) is 3.62. The topological polar surface area (TPSA) is 67.6 Å². The van der Waals surface area contributed by atoms with E-state index in [2.05, 4.69) is 15.2 Å². The van der Waals surface area contributed by atoms with E-state index in [9.17, 15) is 13.2 Å². The Balaban J connectivity index is 1.75. The standard InChI is InChI=1S/C17H15F3N4/c18-17(19,20)13-8-6-12(7-9-13)15-22-16(24-23-15)14(21)10-11-4-2-1-3-5-11/h1-9,14H,10,21H2,(H,22,23,24)/t14-/m0/s1. The van der Waals surface area contributed by atoms with Crippen LogP contribution < -0.4 is 5.73 Å². The lowest BCUT2D eigenvalue weighted by atomic mass is 10.1. The first-order chi connectivity index (χ1) is 11.4. The molecule has 1 heterocycles. The Morgan fingerprint density at radius 3 is 2.29 bits per heavy atom. The number of rotatable bonds is 4. The summed E-state index contributed by atoms with van der Waals surface area (Å²) >= 11 is 0. The van der Waals surface area contributed by atoms with Crippen LogP contribution in [-0.4, -0.2) is 15.2 Å². The highest BCUT2D eigenvalue weighted by molar-refractivity contribution is 5.55. The fourth-order valence-corrected chi connectivity index (χ4v) is 2.34. The molecule has 0 spiro atoms. The van der Waals surface area contributed by atoms with Gasteiger partial charge in [0.05, 0.1) is 11.6 Å². The Hall–Kier alpha value is -2.67. The average Bonchev–Trinajstić information content (AvgIpc) is 3.05. The van der Waals surface area contributed by atoms with Gasteiger partial charge in [-0.15, -0.1) is 0 Å². The molecule has 0 saturated heterocycles. The van der Waals surface area contributed by atoms with Crippen molar-refractivity contribution in [2.45, 2.75) is 18.6 Å². The second-order valence-electron chi connectivity index (χ2n) is 5.42. The number of aromatic nitrogens is 3. The fraction of sp³-hybridized carbons (Fsp3) is 0.176. The monoisotopic (exact) mass is 332 g/mol. The van der Waals surface area contributed by atoms with Gasteiger partial charge >= 0.3 is 6.18 Å². The van der Waals surface area contributed by atoms with E-state index in [1.165, 1.54) is 12.1 Å². The first-order valence-corrected chi connectivity index (χ1v) is 7.33. The van der Waals surface area contributed by atoms with Crippen LogP contribution in [0.1, 0.15) is 23.0 Å². The van der Waals surface area contributed by atoms with E-state index in [1.807, 2.05) is 30.3 Å². The molecule has 4 nitrogen and oxygen atoms in total. The van der Waals surface area contributed by atoms with Gasteiger partial charge in [-0.1, -0.05) is 42.5 Å². The van der Waals surface area contributed by atoms with Gasteiger partial charge < -0.3 is 5.73 Å². The molecule has 0 aliphatic heterocycles. The second-order valence-corrected chi connectivity index (χ2v) is 5.42. The van der Waals surface area contributed by atoms with Crippen LogP contribution in [0.2, 0.25) is 0 Å². The largest absolute Gasteiger partial charge is 0.416 e. The maximum Gasteiger partial charge on any atom is 0.416 e. The van der Waals surface area contributed by atoms with Gasteiger partial charge in [-0.05, 0) is 24.1 Å². The summed E-state index contributed by atoms with van der Waals surface area (Å²) in [7, 11) is 0. The minimum Gasteiger partial charge on any atom is -0.321 e. The SMILES string of the molecule is N[C@@H](Cc1ccccc1)c1nc(-c2ccc(C(F)(F)F)cc2)n[nH]1. The molecular weight excluding hydrogens is 317 g/mol. The van der Waals surface area contributed by atoms with Gasteiger partial charge in [-0.2, -0.15) is 18.3 Å². The lowest BCUT2D eigenvalue weighted by Crippen LogP contribution is -2.15. The maximum absolute atomic E-state index is 12.6. The minimum absolute atomic E-state index is 0.322. The average molecular weight is 332 g/mol.